The molecule has 1 aliphatic heterocycles. The van der Waals surface area contributed by atoms with Gasteiger partial charge in [-0.1, -0.05) is 12.1 Å². The average Bonchev–Trinajstić information content (AvgIpc) is 2.60. The van der Waals surface area contributed by atoms with Crippen LogP contribution in [0.4, 0.5) is 5.69 Å². The van der Waals surface area contributed by atoms with Crippen molar-refractivity contribution in [3.05, 3.63) is 77.7 Å². The van der Waals surface area contributed by atoms with Gasteiger partial charge in [-0.25, -0.2) is 4.79 Å². The maximum atomic E-state index is 12.6. The highest BCUT2D eigenvalue weighted by atomic mass is 16.6. The number of carbonyl (C=O) groups is 1. The smallest absolute Gasteiger partial charge is 0.328 e. The van der Waals surface area contributed by atoms with Gasteiger partial charge >= 0.3 is 5.69 Å². The molecule has 1 aromatic heterocycles. The number of fused-ring (bicyclic) bond motifs is 1. The molecule has 26 heavy (non-hydrogen) atoms. The molecule has 132 valence electrons. The zero-order valence-corrected chi connectivity index (χ0v) is 13.4. The number of nitrogens with one attached hydrogen (secondary N) is 2. The Hall–Kier alpha value is -3.49. The molecule has 0 saturated heterocycles. The summed E-state index contributed by atoms with van der Waals surface area (Å²) in [6.45, 7) is 0. The average molecular weight is 355 g/mol. The van der Waals surface area contributed by atoms with Crippen molar-refractivity contribution in [2.45, 2.75) is 25.2 Å². The van der Waals surface area contributed by atoms with Crippen molar-refractivity contribution in [2.24, 2.45) is 0 Å². The molecule has 1 atom stereocenters. The van der Waals surface area contributed by atoms with E-state index in [1.54, 1.807) is 6.07 Å². The first-order chi connectivity index (χ1) is 12.5. The number of nitro benzene ring substituents is 1. The Kier molecular flexibility index (Phi) is 3.57. The summed E-state index contributed by atoms with van der Waals surface area (Å²) in [4.78, 5) is 51.8. The van der Waals surface area contributed by atoms with Crippen LogP contribution in [0.5, 0.6) is 5.88 Å². The van der Waals surface area contributed by atoms with Gasteiger partial charge in [0.25, 0.3) is 11.2 Å². The number of hydrogen-bond acceptors (Lipinski definition) is 6. The van der Waals surface area contributed by atoms with Crippen molar-refractivity contribution in [1.82, 2.24) is 9.97 Å². The van der Waals surface area contributed by atoms with Crippen LogP contribution in [0, 0.1) is 10.1 Å². The van der Waals surface area contributed by atoms with Crippen LogP contribution in [0.25, 0.3) is 0 Å². The lowest BCUT2D eigenvalue weighted by atomic mass is 9.78. The van der Waals surface area contributed by atoms with E-state index >= 15 is 0 Å². The minimum Gasteiger partial charge on any atom is -0.444 e. The number of aromatic amines is 2. The monoisotopic (exact) mass is 355 g/mol. The third-order valence-electron chi connectivity index (χ3n) is 4.57. The van der Waals surface area contributed by atoms with Crippen LogP contribution in [0.1, 0.15) is 36.3 Å². The molecule has 1 aromatic carbocycles. The van der Waals surface area contributed by atoms with Gasteiger partial charge in [0.05, 0.1) is 16.4 Å². The Bertz CT molecular complexity index is 1090. The third kappa shape index (κ3) is 2.44. The van der Waals surface area contributed by atoms with Crippen molar-refractivity contribution in [3.63, 3.8) is 0 Å². The number of nitrogens with zero attached hydrogens (tertiary/aromatic N) is 1. The fourth-order valence-electron chi connectivity index (χ4n) is 3.50. The minimum absolute atomic E-state index is 0.0243. The van der Waals surface area contributed by atoms with Crippen LogP contribution in [-0.2, 0) is 4.79 Å². The number of ether oxygens (including phenoxy) is 1. The number of hydrogen-bond donors (Lipinski definition) is 2. The highest BCUT2D eigenvalue weighted by molar-refractivity contribution is 5.99. The fraction of sp³-hybridized carbons (Fsp3) is 0.235. The molecule has 0 radical (unpaired) electrons. The second-order valence-corrected chi connectivity index (χ2v) is 6.15. The van der Waals surface area contributed by atoms with Crippen LogP contribution >= 0.6 is 0 Å². The number of carbonyl (C=O) groups excluding carboxylic acids is 1. The third-order valence-corrected chi connectivity index (χ3v) is 4.57. The summed E-state index contributed by atoms with van der Waals surface area (Å²) in [5.74, 6) is -0.628. The quantitative estimate of drug-likeness (QED) is 0.619. The van der Waals surface area contributed by atoms with Crippen molar-refractivity contribution >= 4 is 11.5 Å². The zero-order valence-electron chi connectivity index (χ0n) is 13.4. The number of aromatic nitrogens is 2. The molecule has 0 amide bonds. The van der Waals surface area contributed by atoms with Gasteiger partial charge in [-0.15, -0.1) is 0 Å². The van der Waals surface area contributed by atoms with E-state index < -0.39 is 22.1 Å². The van der Waals surface area contributed by atoms with E-state index in [0.29, 0.717) is 36.2 Å². The van der Waals surface area contributed by atoms with Gasteiger partial charge in [0.15, 0.2) is 5.78 Å². The first-order valence-electron chi connectivity index (χ1n) is 8.00. The molecule has 2 aliphatic rings. The van der Waals surface area contributed by atoms with Gasteiger partial charge in [-0.05, 0) is 12.0 Å². The minimum atomic E-state index is -0.831. The van der Waals surface area contributed by atoms with Gasteiger partial charge in [-0.2, -0.15) is 0 Å². The molecule has 4 rings (SSSR count). The number of H-pyrrole nitrogens is 2. The van der Waals surface area contributed by atoms with Crippen molar-refractivity contribution < 1.29 is 14.5 Å². The molecule has 0 saturated carbocycles. The Morgan fingerprint density at radius 3 is 2.73 bits per heavy atom. The van der Waals surface area contributed by atoms with Crippen LogP contribution in [0.3, 0.4) is 0 Å². The van der Waals surface area contributed by atoms with Gasteiger partial charge < -0.3 is 4.74 Å². The number of Topliss-reactive ketones (excluding diaryl/α,β-unsaturated/α-hetero) is 1. The van der Waals surface area contributed by atoms with E-state index in [-0.39, 0.29) is 22.9 Å². The SMILES string of the molecule is O=C1CCCC2=C1C(c1cccc([N+](=O)[O-])c1)c1c([nH]c(=O)[nH]c1=O)O2. The standard InChI is InChI=1S/C17H13N3O6/c21-10-5-2-6-11-13(10)12(8-3-1-4-9(7-8)20(24)25)14-15(22)18-17(23)19-16(14)26-11/h1,3-4,7,12H,2,5-6H2,(H2,18,19,22,23). The summed E-state index contributed by atoms with van der Waals surface area (Å²) < 4.78 is 5.65. The van der Waals surface area contributed by atoms with Gasteiger partial charge in [-0.3, -0.25) is 29.7 Å². The summed E-state index contributed by atoms with van der Waals surface area (Å²) in [5.41, 5.74) is -0.755. The van der Waals surface area contributed by atoms with E-state index in [4.69, 9.17) is 4.74 Å². The molecular weight excluding hydrogens is 342 g/mol. The predicted octanol–water partition coefficient (Wildman–Crippen LogP) is 1.50. The van der Waals surface area contributed by atoms with E-state index in [9.17, 15) is 24.5 Å². The highest BCUT2D eigenvalue weighted by Gasteiger charge is 2.39. The number of benzene rings is 1. The van der Waals surface area contributed by atoms with Gasteiger partial charge in [0.1, 0.15) is 5.76 Å². The van der Waals surface area contributed by atoms with Gasteiger partial charge in [0, 0.05) is 30.5 Å². The van der Waals surface area contributed by atoms with Crippen LogP contribution in [-0.4, -0.2) is 20.7 Å². The second-order valence-electron chi connectivity index (χ2n) is 6.15. The number of rotatable bonds is 2. The van der Waals surface area contributed by atoms with E-state index in [1.807, 2.05) is 0 Å². The van der Waals surface area contributed by atoms with Crippen molar-refractivity contribution in [2.75, 3.05) is 0 Å². The Morgan fingerprint density at radius 2 is 1.96 bits per heavy atom. The summed E-state index contributed by atoms with van der Waals surface area (Å²) in [5, 5.41) is 11.1. The summed E-state index contributed by atoms with van der Waals surface area (Å²) in [6.07, 6.45) is 1.40. The van der Waals surface area contributed by atoms with Crippen LogP contribution < -0.4 is 16.0 Å². The first-order valence-corrected chi connectivity index (χ1v) is 8.00. The molecule has 0 bridgehead atoms. The van der Waals surface area contributed by atoms with E-state index in [0.717, 1.165) is 0 Å². The Labute approximate surface area is 145 Å². The number of nitro groups is 1. The zero-order chi connectivity index (χ0) is 18.4. The first kappa shape index (κ1) is 16.0. The Morgan fingerprint density at radius 1 is 1.15 bits per heavy atom. The molecule has 2 N–H and O–H groups in total. The molecule has 0 fully saturated rings. The Balaban J connectivity index is 2.01. The maximum absolute atomic E-state index is 12.6. The lowest BCUT2D eigenvalue weighted by molar-refractivity contribution is -0.384. The molecule has 1 aliphatic carbocycles. The molecule has 2 aromatic rings. The van der Waals surface area contributed by atoms with Crippen LogP contribution in [0.15, 0.2) is 45.2 Å². The second kappa shape index (κ2) is 5.80. The van der Waals surface area contributed by atoms with E-state index in [1.165, 1.54) is 18.2 Å². The molecule has 9 nitrogen and oxygen atoms in total. The fourth-order valence-corrected chi connectivity index (χ4v) is 3.50. The maximum Gasteiger partial charge on any atom is 0.328 e. The number of ketones is 1. The van der Waals surface area contributed by atoms with Crippen molar-refractivity contribution in [1.29, 1.82) is 0 Å². The highest BCUT2D eigenvalue weighted by Crippen LogP contribution is 2.44. The van der Waals surface area contributed by atoms with Crippen molar-refractivity contribution in [3.8, 4) is 5.88 Å². The lowest BCUT2D eigenvalue weighted by Gasteiger charge is -2.31. The van der Waals surface area contributed by atoms with E-state index in [2.05, 4.69) is 9.97 Å². The number of allylic oxidation sites excluding steroid dienone is 2. The largest absolute Gasteiger partial charge is 0.444 e. The molecule has 2 heterocycles. The van der Waals surface area contributed by atoms with Gasteiger partial charge in [0.2, 0.25) is 5.88 Å². The molecule has 1 unspecified atom stereocenters. The molecule has 9 heteroatoms. The summed E-state index contributed by atoms with van der Waals surface area (Å²) in [7, 11) is 0. The summed E-state index contributed by atoms with van der Waals surface area (Å²) in [6, 6.07) is 5.77. The molecular formula is C17H13N3O6. The topological polar surface area (TPSA) is 135 Å². The predicted molar refractivity (Wildman–Crippen MR) is 89.1 cm³/mol. The molecule has 0 spiro atoms. The summed E-state index contributed by atoms with van der Waals surface area (Å²) >= 11 is 0. The lowest BCUT2D eigenvalue weighted by Crippen LogP contribution is -2.34. The normalized spacial score (nSPS) is 18.8. The van der Waals surface area contributed by atoms with Crippen LogP contribution in [0.2, 0.25) is 0 Å². The number of non-ortho nitro benzene ring substituents is 1.